The number of carbonyl (C=O) groups is 1. The molecule has 0 spiro atoms. The van der Waals surface area contributed by atoms with E-state index < -0.39 is 11.7 Å². The van der Waals surface area contributed by atoms with Gasteiger partial charge in [0.1, 0.15) is 11.4 Å². The first-order valence-electron chi connectivity index (χ1n) is 13.0. The summed E-state index contributed by atoms with van der Waals surface area (Å²) >= 11 is 0. The van der Waals surface area contributed by atoms with E-state index in [0.29, 0.717) is 26.1 Å². The predicted molar refractivity (Wildman–Crippen MR) is 136 cm³/mol. The molecule has 2 fully saturated rings. The van der Waals surface area contributed by atoms with Crippen LogP contribution >= 0.6 is 0 Å². The third-order valence-electron chi connectivity index (χ3n) is 6.76. The van der Waals surface area contributed by atoms with Gasteiger partial charge in [-0.25, -0.2) is 9.78 Å². The minimum absolute atomic E-state index is 0.0922. The van der Waals surface area contributed by atoms with Crippen molar-refractivity contribution in [3.05, 3.63) is 41.1 Å². The number of likely N-dealkylation sites (tertiary alicyclic amines) is 1. The van der Waals surface area contributed by atoms with Gasteiger partial charge in [0.05, 0.1) is 6.61 Å². The number of ether oxygens (including phenoxy) is 1. The maximum absolute atomic E-state index is 13.6. The lowest BCUT2D eigenvalue weighted by molar-refractivity contribution is -0.137. The lowest BCUT2D eigenvalue weighted by Gasteiger charge is -2.26. The Labute approximate surface area is 215 Å². The van der Waals surface area contributed by atoms with Crippen LogP contribution in [-0.2, 0) is 23.8 Å². The fourth-order valence-corrected chi connectivity index (χ4v) is 4.69. The SMILES string of the molecule is CCc1cc(CCN2CCCC2)ccc1Nc1ncc(C(F)(F)F)c(NCCCN2CCCOC2=O)n1. The number of cyclic esters (lactones) is 1. The third-order valence-corrected chi connectivity index (χ3v) is 6.76. The van der Waals surface area contributed by atoms with Gasteiger partial charge < -0.3 is 25.2 Å². The Bertz CT molecular complexity index is 1060. The minimum atomic E-state index is -4.59. The smallest absolute Gasteiger partial charge is 0.421 e. The monoisotopic (exact) mass is 520 g/mol. The second-order valence-electron chi connectivity index (χ2n) is 9.46. The normalized spacial score (nSPS) is 16.6. The zero-order chi connectivity index (χ0) is 26.3. The molecule has 0 bridgehead atoms. The zero-order valence-corrected chi connectivity index (χ0v) is 21.2. The number of nitrogens with one attached hydrogen (secondary N) is 2. The second kappa shape index (κ2) is 12.4. The number of hydrogen-bond acceptors (Lipinski definition) is 7. The molecule has 2 N–H and O–H groups in total. The number of carbonyl (C=O) groups excluding carboxylic acids is 1. The van der Waals surface area contributed by atoms with E-state index >= 15 is 0 Å². The van der Waals surface area contributed by atoms with Gasteiger partial charge in [0.25, 0.3) is 0 Å². The van der Waals surface area contributed by atoms with Crippen molar-refractivity contribution in [3.8, 4) is 0 Å². The van der Waals surface area contributed by atoms with Crippen molar-refractivity contribution in [2.45, 2.75) is 51.6 Å². The van der Waals surface area contributed by atoms with Crippen LogP contribution in [0.5, 0.6) is 0 Å². The lowest BCUT2D eigenvalue weighted by Crippen LogP contribution is -2.38. The van der Waals surface area contributed by atoms with Crippen LogP contribution in [0, 0.1) is 0 Å². The number of halogens is 3. The van der Waals surface area contributed by atoms with E-state index in [1.54, 1.807) is 4.90 Å². The first kappa shape index (κ1) is 27.0. The van der Waals surface area contributed by atoms with Gasteiger partial charge in [-0.1, -0.05) is 19.1 Å². The molecular formula is C26H35F3N6O2. The summed E-state index contributed by atoms with van der Waals surface area (Å²) in [6.07, 6.45) is 1.29. The predicted octanol–water partition coefficient (Wildman–Crippen LogP) is 5.08. The van der Waals surface area contributed by atoms with Gasteiger partial charge >= 0.3 is 12.3 Å². The van der Waals surface area contributed by atoms with Gasteiger partial charge in [-0.3, -0.25) is 0 Å². The van der Waals surface area contributed by atoms with Gasteiger partial charge in [-0.05, 0) is 68.8 Å². The van der Waals surface area contributed by atoms with Crippen LogP contribution < -0.4 is 10.6 Å². The van der Waals surface area contributed by atoms with Crippen LogP contribution in [0.4, 0.5) is 35.4 Å². The van der Waals surface area contributed by atoms with Gasteiger partial charge in [-0.2, -0.15) is 18.2 Å². The molecule has 3 heterocycles. The summed E-state index contributed by atoms with van der Waals surface area (Å²) in [5.41, 5.74) is 2.15. The van der Waals surface area contributed by atoms with Crippen LogP contribution in [0.2, 0.25) is 0 Å². The second-order valence-corrected chi connectivity index (χ2v) is 9.46. The van der Waals surface area contributed by atoms with Gasteiger partial charge in [0.2, 0.25) is 5.95 Å². The Kier molecular flexibility index (Phi) is 9.07. The van der Waals surface area contributed by atoms with Gasteiger partial charge in [-0.15, -0.1) is 0 Å². The van der Waals surface area contributed by atoms with Crippen LogP contribution in [0.25, 0.3) is 0 Å². The maximum Gasteiger partial charge on any atom is 0.421 e. The van der Waals surface area contributed by atoms with E-state index in [1.807, 2.05) is 19.1 Å². The number of hydrogen-bond donors (Lipinski definition) is 2. The molecule has 2 saturated heterocycles. The standard InChI is InChI=1S/C26H35F3N6O2/c1-2-20-17-19(9-15-34-11-3-4-12-34)7-8-22(20)32-24-31-18-21(26(27,28)29)23(33-24)30-10-5-13-35-14-6-16-37-25(35)36/h7-8,17-18H,2-6,9-16H2,1H3,(H2,30,31,32,33). The Balaban J connectivity index is 1.41. The molecule has 11 heteroatoms. The highest BCUT2D eigenvalue weighted by atomic mass is 19.4. The summed E-state index contributed by atoms with van der Waals surface area (Å²) in [7, 11) is 0. The van der Waals surface area contributed by atoms with Crippen molar-refractivity contribution in [3.63, 3.8) is 0 Å². The van der Waals surface area contributed by atoms with E-state index in [0.717, 1.165) is 56.3 Å². The highest BCUT2D eigenvalue weighted by Gasteiger charge is 2.35. The van der Waals surface area contributed by atoms with Crippen molar-refractivity contribution in [2.75, 3.05) is 56.5 Å². The highest BCUT2D eigenvalue weighted by molar-refractivity contribution is 5.68. The molecule has 0 aliphatic carbocycles. The molecule has 2 aromatic rings. The van der Waals surface area contributed by atoms with Crippen molar-refractivity contribution in [2.24, 2.45) is 0 Å². The molecule has 2 aliphatic rings. The molecule has 0 radical (unpaired) electrons. The molecule has 8 nitrogen and oxygen atoms in total. The number of aryl methyl sites for hydroxylation is 1. The topological polar surface area (TPSA) is 82.6 Å². The highest BCUT2D eigenvalue weighted by Crippen LogP contribution is 2.34. The van der Waals surface area contributed by atoms with Crippen LogP contribution in [0.15, 0.2) is 24.4 Å². The van der Waals surface area contributed by atoms with E-state index in [-0.39, 0.29) is 24.4 Å². The first-order valence-corrected chi connectivity index (χ1v) is 13.0. The molecular weight excluding hydrogens is 485 g/mol. The zero-order valence-electron chi connectivity index (χ0n) is 21.2. The van der Waals surface area contributed by atoms with Crippen molar-refractivity contribution >= 4 is 23.5 Å². The van der Waals surface area contributed by atoms with Crippen molar-refractivity contribution in [1.29, 1.82) is 0 Å². The summed E-state index contributed by atoms with van der Waals surface area (Å²) in [5, 5.41) is 5.89. The molecule has 4 rings (SSSR count). The van der Waals surface area contributed by atoms with Crippen molar-refractivity contribution < 1.29 is 22.7 Å². The largest absolute Gasteiger partial charge is 0.449 e. The molecule has 202 valence electrons. The van der Waals surface area contributed by atoms with E-state index in [1.165, 1.54) is 18.4 Å². The summed E-state index contributed by atoms with van der Waals surface area (Å²) in [5.74, 6) is -0.193. The van der Waals surface area contributed by atoms with Crippen LogP contribution in [0.1, 0.15) is 49.3 Å². The Morgan fingerprint density at radius 3 is 2.65 bits per heavy atom. The Morgan fingerprint density at radius 1 is 1.11 bits per heavy atom. The third kappa shape index (κ3) is 7.47. The molecule has 1 amide bonds. The Hall–Kier alpha value is -3.08. The number of rotatable bonds is 11. The molecule has 1 aromatic heterocycles. The number of benzene rings is 1. The number of aromatic nitrogens is 2. The quantitative estimate of drug-likeness (QED) is 0.400. The molecule has 2 aliphatic heterocycles. The molecule has 0 saturated carbocycles. The maximum atomic E-state index is 13.6. The molecule has 0 atom stereocenters. The average molecular weight is 521 g/mol. The lowest BCUT2D eigenvalue weighted by atomic mass is 10.0. The number of alkyl halides is 3. The summed E-state index contributed by atoms with van der Waals surface area (Å²) in [6.45, 7) is 7.00. The fourth-order valence-electron chi connectivity index (χ4n) is 4.69. The molecule has 37 heavy (non-hydrogen) atoms. The summed E-state index contributed by atoms with van der Waals surface area (Å²) in [4.78, 5) is 23.9. The molecule has 1 aromatic carbocycles. The summed E-state index contributed by atoms with van der Waals surface area (Å²) < 4.78 is 45.8. The average Bonchev–Trinajstić information content (AvgIpc) is 3.40. The van der Waals surface area contributed by atoms with Gasteiger partial charge in [0.15, 0.2) is 0 Å². The molecule has 0 unspecified atom stereocenters. The van der Waals surface area contributed by atoms with Crippen molar-refractivity contribution in [1.82, 2.24) is 19.8 Å². The van der Waals surface area contributed by atoms with E-state index in [4.69, 9.17) is 4.74 Å². The number of anilines is 3. The van der Waals surface area contributed by atoms with E-state index in [2.05, 4.69) is 31.6 Å². The number of nitrogens with zero attached hydrogens (tertiary/aromatic N) is 4. The minimum Gasteiger partial charge on any atom is -0.449 e. The first-order chi connectivity index (χ1) is 17.8. The van der Waals surface area contributed by atoms with Crippen LogP contribution in [-0.4, -0.2) is 71.7 Å². The van der Waals surface area contributed by atoms with Gasteiger partial charge in [0, 0.05) is 38.1 Å². The van der Waals surface area contributed by atoms with Crippen LogP contribution in [0.3, 0.4) is 0 Å². The fraction of sp³-hybridized carbons (Fsp3) is 0.577. The summed E-state index contributed by atoms with van der Waals surface area (Å²) in [6, 6.07) is 6.14. The Morgan fingerprint density at radius 2 is 1.92 bits per heavy atom. The number of amides is 1. The van der Waals surface area contributed by atoms with E-state index in [9.17, 15) is 18.0 Å².